The smallest absolute Gasteiger partial charge is 0.128 e. The second-order valence-electron chi connectivity index (χ2n) is 3.64. The molecule has 1 atom stereocenters. The Morgan fingerprint density at radius 1 is 1.57 bits per heavy atom. The van der Waals surface area contributed by atoms with Crippen LogP contribution in [0.5, 0.6) is 0 Å². The van der Waals surface area contributed by atoms with E-state index in [2.05, 4.69) is 22.1 Å². The number of pyridine rings is 1. The van der Waals surface area contributed by atoms with Crippen LogP contribution in [-0.4, -0.2) is 30.7 Å². The fourth-order valence-corrected chi connectivity index (χ4v) is 1.81. The Balaban J connectivity index is 2.10. The molecule has 1 fully saturated rings. The number of piperazine rings is 1. The van der Waals surface area contributed by atoms with Crippen LogP contribution in [0.15, 0.2) is 18.3 Å². The molecule has 14 heavy (non-hydrogen) atoms. The normalized spacial score (nSPS) is 22.4. The Hall–Kier alpha value is -0.800. The van der Waals surface area contributed by atoms with Crippen LogP contribution in [0.2, 0.25) is 5.02 Å². The second kappa shape index (κ2) is 4.15. The quantitative estimate of drug-likeness (QED) is 0.764. The van der Waals surface area contributed by atoms with Gasteiger partial charge in [-0.1, -0.05) is 11.6 Å². The van der Waals surface area contributed by atoms with Crippen molar-refractivity contribution >= 4 is 17.4 Å². The van der Waals surface area contributed by atoms with Crippen molar-refractivity contribution in [2.24, 2.45) is 0 Å². The molecule has 0 aromatic carbocycles. The molecule has 1 saturated heterocycles. The number of hydrogen-bond donors (Lipinski definition) is 1. The van der Waals surface area contributed by atoms with Gasteiger partial charge in [-0.2, -0.15) is 0 Å². The molecule has 1 N–H and O–H groups in total. The first-order chi connectivity index (χ1) is 6.75. The average Bonchev–Trinajstić information content (AvgIpc) is 2.19. The molecule has 0 unspecified atom stereocenters. The Labute approximate surface area is 89.1 Å². The predicted octanol–water partition coefficient (Wildman–Crippen LogP) is 1.53. The summed E-state index contributed by atoms with van der Waals surface area (Å²) in [5.41, 5.74) is 0. The molecule has 1 aliphatic heterocycles. The SMILES string of the molecule is C[C@H]1CN(c2ccc(Cl)cn2)CCN1. The van der Waals surface area contributed by atoms with Crippen LogP contribution in [0.1, 0.15) is 6.92 Å². The van der Waals surface area contributed by atoms with E-state index in [-0.39, 0.29) is 0 Å². The van der Waals surface area contributed by atoms with Gasteiger partial charge < -0.3 is 10.2 Å². The van der Waals surface area contributed by atoms with Crippen molar-refractivity contribution in [3.05, 3.63) is 23.4 Å². The first kappa shape index (κ1) is 9.74. The third-order valence-corrected chi connectivity index (χ3v) is 2.63. The molecular weight excluding hydrogens is 198 g/mol. The van der Waals surface area contributed by atoms with E-state index in [1.807, 2.05) is 12.1 Å². The summed E-state index contributed by atoms with van der Waals surface area (Å²) in [6.45, 7) is 5.22. The molecule has 3 nitrogen and oxygen atoms in total. The predicted molar refractivity (Wildman–Crippen MR) is 58.9 cm³/mol. The lowest BCUT2D eigenvalue weighted by Crippen LogP contribution is -2.49. The van der Waals surface area contributed by atoms with Crippen molar-refractivity contribution < 1.29 is 0 Å². The third kappa shape index (κ3) is 2.16. The molecule has 1 aliphatic rings. The number of aromatic nitrogens is 1. The van der Waals surface area contributed by atoms with Crippen LogP contribution in [0.3, 0.4) is 0 Å². The Morgan fingerprint density at radius 3 is 3.07 bits per heavy atom. The highest BCUT2D eigenvalue weighted by atomic mass is 35.5. The summed E-state index contributed by atoms with van der Waals surface area (Å²) in [5.74, 6) is 1.02. The van der Waals surface area contributed by atoms with Crippen molar-refractivity contribution in [3.63, 3.8) is 0 Å². The van der Waals surface area contributed by atoms with Crippen LogP contribution >= 0.6 is 11.6 Å². The largest absolute Gasteiger partial charge is 0.354 e. The van der Waals surface area contributed by atoms with Crippen molar-refractivity contribution in [3.8, 4) is 0 Å². The van der Waals surface area contributed by atoms with Crippen LogP contribution in [0.25, 0.3) is 0 Å². The van der Waals surface area contributed by atoms with E-state index in [0.717, 1.165) is 25.5 Å². The fourth-order valence-electron chi connectivity index (χ4n) is 1.70. The zero-order valence-electron chi connectivity index (χ0n) is 8.20. The summed E-state index contributed by atoms with van der Waals surface area (Å²) in [5, 5.41) is 4.09. The molecule has 0 saturated carbocycles. The summed E-state index contributed by atoms with van der Waals surface area (Å²) in [7, 11) is 0. The first-order valence-corrected chi connectivity index (χ1v) is 5.23. The summed E-state index contributed by atoms with van der Waals surface area (Å²) in [6.07, 6.45) is 1.70. The fraction of sp³-hybridized carbons (Fsp3) is 0.500. The van der Waals surface area contributed by atoms with E-state index >= 15 is 0 Å². The average molecular weight is 212 g/mol. The minimum absolute atomic E-state index is 0.529. The van der Waals surface area contributed by atoms with Crippen LogP contribution < -0.4 is 10.2 Å². The van der Waals surface area contributed by atoms with Gasteiger partial charge in [0.25, 0.3) is 0 Å². The summed E-state index contributed by atoms with van der Waals surface area (Å²) in [6, 6.07) is 4.39. The molecule has 0 spiro atoms. The monoisotopic (exact) mass is 211 g/mol. The molecule has 0 radical (unpaired) electrons. The van der Waals surface area contributed by atoms with Crippen LogP contribution in [-0.2, 0) is 0 Å². The summed E-state index contributed by atoms with van der Waals surface area (Å²) >= 11 is 5.79. The molecule has 0 aliphatic carbocycles. The Morgan fingerprint density at radius 2 is 2.43 bits per heavy atom. The summed E-state index contributed by atoms with van der Waals surface area (Å²) < 4.78 is 0. The second-order valence-corrected chi connectivity index (χ2v) is 4.07. The zero-order chi connectivity index (χ0) is 9.97. The van der Waals surface area contributed by atoms with Crippen molar-refractivity contribution in [2.45, 2.75) is 13.0 Å². The molecule has 1 aromatic rings. The number of rotatable bonds is 1. The maximum Gasteiger partial charge on any atom is 0.128 e. The van der Waals surface area contributed by atoms with Gasteiger partial charge in [0.1, 0.15) is 5.82 Å². The van der Waals surface area contributed by atoms with E-state index in [1.54, 1.807) is 6.20 Å². The molecule has 4 heteroatoms. The molecule has 2 heterocycles. The van der Waals surface area contributed by atoms with Gasteiger partial charge >= 0.3 is 0 Å². The molecule has 76 valence electrons. The lowest BCUT2D eigenvalue weighted by molar-refractivity contribution is 0.482. The number of anilines is 1. The minimum Gasteiger partial charge on any atom is -0.354 e. The number of halogens is 1. The van der Waals surface area contributed by atoms with Gasteiger partial charge in [0.2, 0.25) is 0 Å². The Bertz CT molecular complexity index is 299. The van der Waals surface area contributed by atoms with E-state index in [1.165, 1.54) is 0 Å². The van der Waals surface area contributed by atoms with Crippen molar-refractivity contribution in [1.29, 1.82) is 0 Å². The van der Waals surface area contributed by atoms with E-state index in [4.69, 9.17) is 11.6 Å². The van der Waals surface area contributed by atoms with Gasteiger partial charge in [-0.05, 0) is 19.1 Å². The van der Waals surface area contributed by atoms with Gasteiger partial charge in [-0.3, -0.25) is 0 Å². The van der Waals surface area contributed by atoms with Gasteiger partial charge in [-0.25, -0.2) is 4.98 Å². The highest BCUT2D eigenvalue weighted by molar-refractivity contribution is 6.30. The third-order valence-electron chi connectivity index (χ3n) is 2.40. The van der Waals surface area contributed by atoms with Crippen molar-refractivity contribution in [2.75, 3.05) is 24.5 Å². The maximum atomic E-state index is 5.79. The highest BCUT2D eigenvalue weighted by Gasteiger charge is 2.16. The van der Waals surface area contributed by atoms with Crippen LogP contribution in [0, 0.1) is 0 Å². The van der Waals surface area contributed by atoms with Gasteiger partial charge in [0.15, 0.2) is 0 Å². The first-order valence-electron chi connectivity index (χ1n) is 4.85. The number of nitrogens with zero attached hydrogens (tertiary/aromatic N) is 2. The van der Waals surface area contributed by atoms with Gasteiger partial charge in [0, 0.05) is 31.9 Å². The van der Waals surface area contributed by atoms with Crippen LogP contribution in [0.4, 0.5) is 5.82 Å². The minimum atomic E-state index is 0.529. The summed E-state index contributed by atoms with van der Waals surface area (Å²) in [4.78, 5) is 6.58. The maximum absolute atomic E-state index is 5.79. The molecule has 2 rings (SSSR count). The standard InChI is InChI=1S/C10H14ClN3/c1-8-7-14(5-4-12-8)10-3-2-9(11)6-13-10/h2-3,6,8,12H,4-5,7H2,1H3/t8-/m0/s1. The number of nitrogens with one attached hydrogen (secondary N) is 1. The lowest BCUT2D eigenvalue weighted by atomic mass is 10.2. The molecule has 0 amide bonds. The number of hydrogen-bond acceptors (Lipinski definition) is 3. The van der Waals surface area contributed by atoms with E-state index in [0.29, 0.717) is 11.1 Å². The molecule has 1 aromatic heterocycles. The van der Waals surface area contributed by atoms with Gasteiger partial charge in [-0.15, -0.1) is 0 Å². The highest BCUT2D eigenvalue weighted by Crippen LogP contribution is 2.15. The zero-order valence-corrected chi connectivity index (χ0v) is 8.96. The Kier molecular flexibility index (Phi) is 2.89. The molecule has 0 bridgehead atoms. The lowest BCUT2D eigenvalue weighted by Gasteiger charge is -2.32. The topological polar surface area (TPSA) is 28.2 Å². The van der Waals surface area contributed by atoms with E-state index in [9.17, 15) is 0 Å². The van der Waals surface area contributed by atoms with E-state index < -0.39 is 0 Å². The van der Waals surface area contributed by atoms with Gasteiger partial charge in [0.05, 0.1) is 5.02 Å². The van der Waals surface area contributed by atoms with Crippen molar-refractivity contribution in [1.82, 2.24) is 10.3 Å². The molecular formula is C10H14ClN3.